The summed E-state index contributed by atoms with van der Waals surface area (Å²) < 4.78 is 11.5. The Morgan fingerprint density at radius 1 is 1.88 bits per heavy atom. The number of alkyl halides is 1. The highest BCUT2D eigenvalue weighted by atomic mass is 19.1. The largest absolute Gasteiger partial charge is 0.481 e. The molecule has 1 N–H and O–H groups in total. The van der Waals surface area contributed by atoms with Gasteiger partial charge in [-0.3, -0.25) is 9.18 Å². The first-order valence-corrected chi connectivity index (χ1v) is 2.44. The van der Waals surface area contributed by atoms with E-state index in [0.717, 1.165) is 0 Å². The average Bonchev–Trinajstić information content (AvgIpc) is 1.65. The van der Waals surface area contributed by atoms with Gasteiger partial charge in [-0.15, -0.1) is 0 Å². The molecular formula is C5H9FO2. The molecule has 0 bridgehead atoms. The molecule has 0 aromatic carbocycles. The van der Waals surface area contributed by atoms with E-state index in [4.69, 9.17) is 5.11 Å². The zero-order chi connectivity index (χ0) is 6.57. The number of hydrogen-bond acceptors (Lipinski definition) is 1. The Morgan fingerprint density at radius 3 is 2.50 bits per heavy atom. The summed E-state index contributed by atoms with van der Waals surface area (Å²) >= 11 is 0. The molecule has 48 valence electrons. The minimum absolute atomic E-state index is 0.0729. The first-order chi connectivity index (χ1) is 3.66. The van der Waals surface area contributed by atoms with E-state index < -0.39 is 12.6 Å². The van der Waals surface area contributed by atoms with Crippen molar-refractivity contribution >= 4 is 5.97 Å². The summed E-state index contributed by atoms with van der Waals surface area (Å²) in [5.41, 5.74) is 0. The van der Waals surface area contributed by atoms with Crippen molar-refractivity contribution in [3.63, 3.8) is 0 Å². The van der Waals surface area contributed by atoms with Gasteiger partial charge in [0.15, 0.2) is 0 Å². The lowest BCUT2D eigenvalue weighted by Gasteiger charge is -1.98. The number of halogens is 1. The van der Waals surface area contributed by atoms with Gasteiger partial charge >= 0.3 is 5.97 Å². The fraction of sp³-hybridized carbons (Fsp3) is 0.800. The minimum Gasteiger partial charge on any atom is -0.481 e. The smallest absolute Gasteiger partial charge is 0.303 e. The van der Waals surface area contributed by atoms with Crippen molar-refractivity contribution in [2.24, 2.45) is 5.92 Å². The molecular weight excluding hydrogens is 111 g/mol. The third-order valence-corrected chi connectivity index (χ3v) is 0.786. The first kappa shape index (κ1) is 7.40. The molecule has 2 nitrogen and oxygen atoms in total. The Morgan fingerprint density at radius 2 is 2.38 bits per heavy atom. The zero-order valence-corrected chi connectivity index (χ0v) is 4.72. The second kappa shape index (κ2) is 3.41. The SMILES string of the molecule is CC(CF)CC(=O)O. The lowest BCUT2D eigenvalue weighted by atomic mass is 10.1. The van der Waals surface area contributed by atoms with Crippen LogP contribution in [0.25, 0.3) is 0 Å². The number of hydrogen-bond donors (Lipinski definition) is 1. The molecule has 0 aliphatic carbocycles. The highest BCUT2D eigenvalue weighted by molar-refractivity contribution is 5.66. The van der Waals surface area contributed by atoms with Crippen LogP contribution in [0.15, 0.2) is 0 Å². The van der Waals surface area contributed by atoms with E-state index >= 15 is 0 Å². The summed E-state index contributed by atoms with van der Waals surface area (Å²) in [6.45, 7) is 1.01. The van der Waals surface area contributed by atoms with E-state index in [0.29, 0.717) is 0 Å². The molecule has 0 aromatic heterocycles. The van der Waals surface area contributed by atoms with Crippen LogP contribution in [0.2, 0.25) is 0 Å². The van der Waals surface area contributed by atoms with Crippen LogP contribution in [-0.2, 0) is 4.79 Å². The maximum Gasteiger partial charge on any atom is 0.303 e. The molecule has 0 amide bonds. The highest BCUT2D eigenvalue weighted by Gasteiger charge is 2.04. The molecule has 0 aromatic rings. The summed E-state index contributed by atoms with van der Waals surface area (Å²) in [4.78, 5) is 9.80. The van der Waals surface area contributed by atoms with Gasteiger partial charge in [0.1, 0.15) is 0 Å². The van der Waals surface area contributed by atoms with E-state index in [-0.39, 0.29) is 12.3 Å². The average molecular weight is 120 g/mol. The molecule has 3 heteroatoms. The highest BCUT2D eigenvalue weighted by Crippen LogP contribution is 2.00. The predicted molar refractivity (Wildman–Crippen MR) is 27.4 cm³/mol. The topological polar surface area (TPSA) is 37.3 Å². The Kier molecular flexibility index (Phi) is 3.15. The van der Waals surface area contributed by atoms with Gasteiger partial charge in [-0.25, -0.2) is 0 Å². The molecule has 0 spiro atoms. The van der Waals surface area contributed by atoms with Crippen LogP contribution in [-0.4, -0.2) is 17.8 Å². The van der Waals surface area contributed by atoms with Crippen LogP contribution in [0.5, 0.6) is 0 Å². The monoisotopic (exact) mass is 120 g/mol. The zero-order valence-electron chi connectivity index (χ0n) is 4.72. The van der Waals surface area contributed by atoms with E-state index in [1.54, 1.807) is 6.92 Å². The Labute approximate surface area is 47.3 Å². The van der Waals surface area contributed by atoms with Crippen molar-refractivity contribution < 1.29 is 14.3 Å². The molecule has 0 heterocycles. The van der Waals surface area contributed by atoms with Crippen LogP contribution >= 0.6 is 0 Å². The maximum atomic E-state index is 11.5. The fourth-order valence-electron chi connectivity index (χ4n) is 0.353. The Hall–Kier alpha value is -0.600. The third-order valence-electron chi connectivity index (χ3n) is 0.786. The normalized spacial score (nSPS) is 13.2. The van der Waals surface area contributed by atoms with Crippen molar-refractivity contribution in [1.29, 1.82) is 0 Å². The van der Waals surface area contributed by atoms with Crippen molar-refractivity contribution in [1.82, 2.24) is 0 Å². The van der Waals surface area contributed by atoms with Crippen LogP contribution in [0.4, 0.5) is 4.39 Å². The van der Waals surface area contributed by atoms with Gasteiger partial charge in [0, 0.05) is 0 Å². The molecule has 0 fully saturated rings. The van der Waals surface area contributed by atoms with Gasteiger partial charge in [0.25, 0.3) is 0 Å². The van der Waals surface area contributed by atoms with E-state index in [1.165, 1.54) is 0 Å². The second-order valence-corrected chi connectivity index (χ2v) is 1.86. The molecule has 0 aliphatic heterocycles. The van der Waals surface area contributed by atoms with Crippen LogP contribution in [0, 0.1) is 5.92 Å². The fourth-order valence-corrected chi connectivity index (χ4v) is 0.353. The number of carbonyl (C=O) groups is 1. The van der Waals surface area contributed by atoms with Crippen molar-refractivity contribution in [3.05, 3.63) is 0 Å². The molecule has 1 atom stereocenters. The van der Waals surface area contributed by atoms with Crippen molar-refractivity contribution in [2.75, 3.05) is 6.67 Å². The van der Waals surface area contributed by atoms with E-state index in [1.807, 2.05) is 0 Å². The predicted octanol–water partition coefficient (Wildman–Crippen LogP) is 1.07. The van der Waals surface area contributed by atoms with Crippen molar-refractivity contribution in [3.8, 4) is 0 Å². The van der Waals surface area contributed by atoms with Crippen LogP contribution < -0.4 is 0 Å². The lowest BCUT2D eigenvalue weighted by Crippen LogP contribution is -2.04. The minimum atomic E-state index is -0.935. The summed E-state index contributed by atoms with van der Waals surface area (Å²) in [5, 5.41) is 8.05. The summed E-state index contributed by atoms with van der Waals surface area (Å²) in [7, 11) is 0. The molecule has 0 rings (SSSR count). The summed E-state index contributed by atoms with van der Waals surface area (Å²) in [6.07, 6.45) is -0.0729. The van der Waals surface area contributed by atoms with Crippen LogP contribution in [0.3, 0.4) is 0 Å². The molecule has 0 saturated heterocycles. The quantitative estimate of drug-likeness (QED) is 0.604. The van der Waals surface area contributed by atoms with E-state index in [2.05, 4.69) is 0 Å². The summed E-state index contributed by atoms with van der Waals surface area (Å²) in [5.74, 6) is -1.28. The van der Waals surface area contributed by atoms with Crippen molar-refractivity contribution in [2.45, 2.75) is 13.3 Å². The Balaban J connectivity index is 3.24. The lowest BCUT2D eigenvalue weighted by molar-refractivity contribution is -0.138. The van der Waals surface area contributed by atoms with Gasteiger partial charge in [-0.1, -0.05) is 6.92 Å². The molecule has 0 aliphatic rings. The van der Waals surface area contributed by atoms with Gasteiger partial charge in [-0.05, 0) is 5.92 Å². The third kappa shape index (κ3) is 3.59. The molecule has 0 radical (unpaired) electrons. The standard InChI is InChI=1S/C5H9FO2/c1-4(3-6)2-5(7)8/h4H,2-3H2,1H3,(H,7,8). The summed E-state index contributed by atoms with van der Waals surface area (Å²) in [6, 6.07) is 0. The van der Waals surface area contributed by atoms with Gasteiger partial charge < -0.3 is 5.11 Å². The molecule has 0 saturated carbocycles. The van der Waals surface area contributed by atoms with E-state index in [9.17, 15) is 9.18 Å². The number of aliphatic carboxylic acids is 1. The van der Waals surface area contributed by atoms with Gasteiger partial charge in [-0.2, -0.15) is 0 Å². The maximum absolute atomic E-state index is 11.5. The number of carboxylic acid groups (broad SMARTS) is 1. The first-order valence-electron chi connectivity index (χ1n) is 2.44. The number of rotatable bonds is 3. The van der Waals surface area contributed by atoms with Crippen LogP contribution in [0.1, 0.15) is 13.3 Å². The van der Waals surface area contributed by atoms with Gasteiger partial charge in [0.2, 0.25) is 0 Å². The van der Waals surface area contributed by atoms with Gasteiger partial charge in [0.05, 0.1) is 13.1 Å². The number of carboxylic acids is 1. The molecule has 8 heavy (non-hydrogen) atoms. The second-order valence-electron chi connectivity index (χ2n) is 1.86. The Bertz CT molecular complexity index is 82.5. The molecule has 1 unspecified atom stereocenters.